The van der Waals surface area contributed by atoms with Crippen molar-refractivity contribution in [3.05, 3.63) is 58.6 Å². The van der Waals surface area contributed by atoms with Gasteiger partial charge in [0.15, 0.2) is 0 Å². The van der Waals surface area contributed by atoms with Crippen LogP contribution in [0.3, 0.4) is 0 Å². The Hall–Kier alpha value is -2.47. The molecule has 1 aliphatic rings. The number of carbonyl (C=O) groups is 1. The number of nitrogens with one attached hydrogen (secondary N) is 1. The first kappa shape index (κ1) is 14.5. The largest absolute Gasteiger partial charge is 0.280 e. The molecule has 1 N–H and O–H groups in total. The van der Waals surface area contributed by atoms with Crippen LogP contribution in [0.2, 0.25) is 0 Å². The Morgan fingerprint density at radius 3 is 2.50 bits per heavy atom. The van der Waals surface area contributed by atoms with Gasteiger partial charge >= 0.3 is 0 Å². The topological polar surface area (TPSA) is 75.6 Å². The fraction of sp³-hybridized carbons (Fsp3) is 0.125. The molecular formula is C16H14N2O3S. The molecule has 112 valence electrons. The zero-order valence-corrected chi connectivity index (χ0v) is 12.7. The number of amides is 1. The molecule has 0 bridgehead atoms. The quantitative estimate of drug-likeness (QED) is 0.914. The summed E-state index contributed by atoms with van der Waals surface area (Å²) >= 11 is 0. The van der Waals surface area contributed by atoms with E-state index >= 15 is 0 Å². The van der Waals surface area contributed by atoms with Gasteiger partial charge < -0.3 is 0 Å². The van der Waals surface area contributed by atoms with Crippen molar-refractivity contribution in [3.8, 4) is 0 Å². The van der Waals surface area contributed by atoms with E-state index in [1.807, 2.05) is 19.1 Å². The summed E-state index contributed by atoms with van der Waals surface area (Å²) in [6.07, 6.45) is 2.22. The number of hydrogen-bond donors (Lipinski definition) is 1. The Morgan fingerprint density at radius 2 is 1.82 bits per heavy atom. The van der Waals surface area contributed by atoms with Crippen LogP contribution in [0.25, 0.3) is 6.08 Å². The van der Waals surface area contributed by atoms with Gasteiger partial charge in [-0.05, 0) is 42.3 Å². The maximum absolute atomic E-state index is 12.4. The molecule has 5 nitrogen and oxygen atoms in total. The highest BCUT2D eigenvalue weighted by molar-refractivity contribution is 7.92. The average Bonchev–Trinajstić information content (AvgIpc) is 2.86. The van der Waals surface area contributed by atoms with Gasteiger partial charge in [0.05, 0.1) is 10.3 Å². The molecule has 0 saturated carbocycles. The van der Waals surface area contributed by atoms with Crippen LogP contribution < -0.4 is 15.3 Å². The maximum atomic E-state index is 12.4. The van der Waals surface area contributed by atoms with Crippen LogP contribution in [-0.2, 0) is 21.2 Å². The molecule has 0 saturated heterocycles. The van der Waals surface area contributed by atoms with Crippen molar-refractivity contribution in [2.75, 3.05) is 4.72 Å². The van der Waals surface area contributed by atoms with Crippen LogP contribution in [0.1, 0.15) is 12.5 Å². The minimum Gasteiger partial charge on any atom is -0.280 e. The summed E-state index contributed by atoms with van der Waals surface area (Å²) in [6.45, 7) is 2.03. The van der Waals surface area contributed by atoms with E-state index in [2.05, 4.69) is 9.71 Å². The summed E-state index contributed by atoms with van der Waals surface area (Å²) in [5.41, 5.74) is 1.64. The molecule has 1 amide bonds. The molecule has 2 aromatic rings. The Labute approximate surface area is 128 Å². The van der Waals surface area contributed by atoms with Crippen molar-refractivity contribution in [1.29, 1.82) is 0 Å². The summed E-state index contributed by atoms with van der Waals surface area (Å²) in [6, 6.07) is 11.6. The van der Waals surface area contributed by atoms with Crippen LogP contribution in [0.4, 0.5) is 5.69 Å². The molecule has 2 aromatic carbocycles. The van der Waals surface area contributed by atoms with Crippen molar-refractivity contribution >= 4 is 27.7 Å². The minimum atomic E-state index is -3.69. The molecule has 6 heteroatoms. The fourth-order valence-electron chi connectivity index (χ4n) is 2.22. The van der Waals surface area contributed by atoms with Gasteiger partial charge in [-0.3, -0.25) is 9.52 Å². The van der Waals surface area contributed by atoms with E-state index in [9.17, 15) is 13.2 Å². The van der Waals surface area contributed by atoms with Gasteiger partial charge in [-0.1, -0.05) is 19.1 Å². The molecule has 1 aliphatic heterocycles. The number of hydrogen-bond acceptors (Lipinski definition) is 3. The second kappa shape index (κ2) is 5.38. The molecule has 22 heavy (non-hydrogen) atoms. The van der Waals surface area contributed by atoms with E-state index < -0.39 is 10.0 Å². The lowest BCUT2D eigenvalue weighted by Gasteiger charge is -2.08. The minimum absolute atomic E-state index is 0.104. The lowest BCUT2D eigenvalue weighted by atomic mass is 10.2. The molecular weight excluding hydrogens is 300 g/mol. The number of fused-ring (bicyclic) bond motifs is 1. The van der Waals surface area contributed by atoms with Gasteiger partial charge in [-0.2, -0.15) is 0 Å². The predicted molar refractivity (Wildman–Crippen MR) is 83.3 cm³/mol. The maximum Gasteiger partial charge on any atom is 0.270 e. The second-order valence-corrected chi connectivity index (χ2v) is 6.65. The SMILES string of the molecule is CCc1ccc(NS(=O)(=O)c2ccc3c(c2)=CC(=O)N=3)cc1. The lowest BCUT2D eigenvalue weighted by Crippen LogP contribution is -2.24. The highest BCUT2D eigenvalue weighted by Gasteiger charge is 2.15. The van der Waals surface area contributed by atoms with Gasteiger partial charge in [0.25, 0.3) is 15.9 Å². The van der Waals surface area contributed by atoms with Crippen molar-refractivity contribution in [2.45, 2.75) is 18.2 Å². The molecule has 1 heterocycles. The Morgan fingerprint density at radius 1 is 1.09 bits per heavy atom. The second-order valence-electron chi connectivity index (χ2n) is 4.97. The van der Waals surface area contributed by atoms with E-state index in [-0.39, 0.29) is 10.8 Å². The molecule has 0 atom stereocenters. The van der Waals surface area contributed by atoms with Gasteiger partial charge in [0.2, 0.25) is 0 Å². The summed E-state index contributed by atoms with van der Waals surface area (Å²) in [7, 11) is -3.69. The average molecular weight is 314 g/mol. The summed E-state index contributed by atoms with van der Waals surface area (Å²) < 4.78 is 27.3. The van der Waals surface area contributed by atoms with Crippen LogP contribution in [0.5, 0.6) is 0 Å². The van der Waals surface area contributed by atoms with Crippen LogP contribution in [0, 0.1) is 0 Å². The number of carbonyl (C=O) groups excluding carboxylic acids is 1. The number of anilines is 1. The van der Waals surface area contributed by atoms with E-state index in [0.717, 1.165) is 12.0 Å². The number of sulfonamides is 1. The Balaban J connectivity index is 1.94. The van der Waals surface area contributed by atoms with Crippen molar-refractivity contribution in [2.24, 2.45) is 4.99 Å². The van der Waals surface area contributed by atoms with Crippen LogP contribution >= 0.6 is 0 Å². The van der Waals surface area contributed by atoms with Gasteiger partial charge in [-0.15, -0.1) is 0 Å². The van der Waals surface area contributed by atoms with Gasteiger partial charge in [0, 0.05) is 17.0 Å². The van der Waals surface area contributed by atoms with Crippen molar-refractivity contribution < 1.29 is 13.2 Å². The molecule has 0 fully saturated rings. The van der Waals surface area contributed by atoms with Gasteiger partial charge in [0.1, 0.15) is 0 Å². The standard InChI is InChI=1S/C16H14N2O3S/c1-2-11-3-5-13(6-4-11)18-22(20,21)14-7-8-15-12(9-14)10-16(19)17-15/h3-10,18H,2H2,1H3. The molecule has 0 aliphatic carbocycles. The molecule has 0 unspecified atom stereocenters. The zero-order valence-electron chi connectivity index (χ0n) is 11.9. The van der Waals surface area contributed by atoms with Crippen LogP contribution in [-0.4, -0.2) is 14.3 Å². The normalized spacial score (nSPS) is 13.2. The molecule has 3 rings (SSSR count). The summed E-state index contributed by atoms with van der Waals surface area (Å²) in [5.74, 6) is -0.368. The molecule has 0 radical (unpaired) electrons. The number of benzene rings is 2. The zero-order chi connectivity index (χ0) is 15.7. The summed E-state index contributed by atoms with van der Waals surface area (Å²) in [4.78, 5) is 15.1. The molecule has 0 aromatic heterocycles. The Kier molecular flexibility index (Phi) is 3.54. The number of rotatable bonds is 4. The third-order valence-corrected chi connectivity index (χ3v) is 4.81. The highest BCUT2D eigenvalue weighted by atomic mass is 32.2. The first-order valence-corrected chi connectivity index (χ1v) is 8.32. The number of aryl methyl sites for hydroxylation is 1. The highest BCUT2D eigenvalue weighted by Crippen LogP contribution is 2.15. The third-order valence-electron chi connectivity index (χ3n) is 3.43. The van der Waals surface area contributed by atoms with Crippen molar-refractivity contribution in [3.63, 3.8) is 0 Å². The van der Waals surface area contributed by atoms with Gasteiger partial charge in [-0.25, -0.2) is 13.4 Å². The van der Waals surface area contributed by atoms with E-state index in [1.54, 1.807) is 12.1 Å². The smallest absolute Gasteiger partial charge is 0.270 e. The third kappa shape index (κ3) is 2.78. The lowest BCUT2D eigenvalue weighted by molar-refractivity contribution is -0.112. The summed E-state index contributed by atoms with van der Waals surface area (Å²) in [5, 5.41) is 1.02. The first-order chi connectivity index (χ1) is 10.5. The fourth-order valence-corrected chi connectivity index (χ4v) is 3.32. The van der Waals surface area contributed by atoms with E-state index in [4.69, 9.17) is 0 Å². The van der Waals surface area contributed by atoms with Crippen LogP contribution in [0.15, 0.2) is 52.4 Å². The number of nitrogens with zero attached hydrogens (tertiary/aromatic N) is 1. The monoisotopic (exact) mass is 314 g/mol. The van der Waals surface area contributed by atoms with Crippen molar-refractivity contribution in [1.82, 2.24) is 0 Å². The Bertz CT molecular complexity index is 961. The molecule has 0 spiro atoms. The van der Waals surface area contributed by atoms with E-state index in [1.165, 1.54) is 24.3 Å². The first-order valence-electron chi connectivity index (χ1n) is 6.84. The van der Waals surface area contributed by atoms with E-state index in [0.29, 0.717) is 16.3 Å². The predicted octanol–water partition coefficient (Wildman–Crippen LogP) is 0.990.